The Balaban J connectivity index is 3.43. The second-order valence-electron chi connectivity index (χ2n) is 2.73. The third-order valence-corrected chi connectivity index (χ3v) is 7.44. The number of rotatable bonds is 4. The molecular weight excluding hydrogens is 173 g/mol. The monoisotopic (exact) mass is 192 g/mol. The van der Waals surface area contributed by atoms with Crippen molar-refractivity contribution < 1.29 is 0 Å². The van der Waals surface area contributed by atoms with Gasteiger partial charge in [0.05, 0.1) is 0 Å². The Hall–Kier alpha value is 0.463. The molecule has 0 bridgehead atoms. The predicted molar refractivity (Wildman–Crippen MR) is 44.3 cm³/mol. The van der Waals surface area contributed by atoms with Crippen molar-refractivity contribution in [1.82, 2.24) is 0 Å². The van der Waals surface area contributed by atoms with Crippen LogP contribution in [0, 0.1) is 0 Å². The maximum absolute atomic E-state index is 5.90. The predicted octanol–water partition coefficient (Wildman–Crippen LogP) is 1.17. The van der Waals surface area contributed by atoms with E-state index in [1.807, 2.05) is 0 Å². The molecule has 0 saturated carbocycles. The van der Waals surface area contributed by atoms with Crippen LogP contribution >= 0.6 is 0 Å². The molecule has 0 aliphatic carbocycles. The van der Waals surface area contributed by atoms with Crippen molar-refractivity contribution in [2.24, 2.45) is 9.38 Å². The zero-order valence-electron chi connectivity index (χ0n) is 6.48. The van der Waals surface area contributed by atoms with Gasteiger partial charge in [0.2, 0.25) is 0 Å². The van der Waals surface area contributed by atoms with E-state index in [2.05, 4.69) is 13.8 Å². The minimum absolute atomic E-state index is 1.12. The van der Waals surface area contributed by atoms with Crippen LogP contribution in [-0.4, -0.2) is 13.7 Å². The molecule has 4 N–H and O–H groups in total. The first-order chi connectivity index (χ1) is 4.12. The average Bonchev–Trinajstić information content (AvgIpc) is 1.64. The van der Waals surface area contributed by atoms with Gasteiger partial charge in [0.15, 0.2) is 0 Å². The summed E-state index contributed by atoms with van der Waals surface area (Å²) in [5, 5.41) is 2.24. The van der Waals surface area contributed by atoms with Crippen molar-refractivity contribution in [3.05, 3.63) is 0 Å². The Bertz CT molecular complexity index is 65.5. The van der Waals surface area contributed by atoms with Gasteiger partial charge in [0.1, 0.15) is 0 Å². The van der Waals surface area contributed by atoms with Crippen molar-refractivity contribution in [1.29, 1.82) is 0 Å². The van der Waals surface area contributed by atoms with E-state index in [4.69, 9.17) is 9.38 Å². The van der Waals surface area contributed by atoms with Crippen molar-refractivity contribution in [3.8, 4) is 0 Å². The third kappa shape index (κ3) is 4.94. The summed E-state index contributed by atoms with van der Waals surface area (Å²) >= 11 is -2.16. The Labute approximate surface area is 60.8 Å². The van der Waals surface area contributed by atoms with Crippen LogP contribution in [0.15, 0.2) is 0 Å². The molecule has 0 saturated heterocycles. The fourth-order valence-corrected chi connectivity index (χ4v) is 5.49. The molecule has 3 heteroatoms. The van der Waals surface area contributed by atoms with Crippen LogP contribution in [-0.2, 0) is 0 Å². The molecule has 0 spiro atoms. The normalized spacial score (nSPS) is 12.0. The van der Waals surface area contributed by atoms with Crippen molar-refractivity contribution >= 4 is 13.7 Å². The first-order valence-corrected chi connectivity index (χ1v) is 9.09. The molecule has 0 aromatic heterocycles. The molecule has 0 aliphatic rings. The van der Waals surface area contributed by atoms with E-state index in [-0.39, 0.29) is 0 Å². The van der Waals surface area contributed by atoms with Crippen LogP contribution in [0.25, 0.3) is 0 Å². The van der Waals surface area contributed by atoms with Crippen LogP contribution in [0.5, 0.6) is 0 Å². The number of hydrogen-bond acceptors (Lipinski definition) is 2. The maximum atomic E-state index is 5.90. The fourth-order valence-electron chi connectivity index (χ4n) is 1.06. The van der Waals surface area contributed by atoms with Crippen LogP contribution in [0.2, 0.25) is 10.5 Å². The molecule has 0 atom stereocenters. The van der Waals surface area contributed by atoms with E-state index in [1.54, 1.807) is 0 Å². The molecule has 0 unspecified atom stereocenters. The molecule has 2 nitrogen and oxygen atoms in total. The summed E-state index contributed by atoms with van der Waals surface area (Å²) in [5.41, 5.74) is 0. The molecule has 9 heavy (non-hydrogen) atoms. The van der Waals surface area contributed by atoms with Gasteiger partial charge in [0.25, 0.3) is 0 Å². The molecule has 0 amide bonds. The quantitative estimate of drug-likeness (QED) is 0.655. The van der Waals surface area contributed by atoms with E-state index < -0.39 is 13.7 Å². The molecule has 0 fully saturated rings. The molecule has 0 radical (unpaired) electrons. The van der Waals surface area contributed by atoms with Crippen LogP contribution in [0.4, 0.5) is 0 Å². The number of hydrogen-bond donors (Lipinski definition) is 2. The summed E-state index contributed by atoms with van der Waals surface area (Å²) in [6, 6.07) is 0. The Kier molecular flexibility index (Phi) is 4.53. The van der Waals surface area contributed by atoms with Crippen LogP contribution in [0.1, 0.15) is 26.7 Å². The van der Waals surface area contributed by atoms with Crippen LogP contribution < -0.4 is 9.38 Å². The van der Waals surface area contributed by atoms with Crippen molar-refractivity contribution in [2.75, 3.05) is 0 Å². The van der Waals surface area contributed by atoms with Gasteiger partial charge in [-0.2, -0.15) is 0 Å². The summed E-state index contributed by atoms with van der Waals surface area (Å²) in [4.78, 5) is 0. The topological polar surface area (TPSA) is 52.0 Å². The second kappa shape index (κ2) is 4.31. The molecule has 0 rings (SSSR count). The standard InChI is InChI=1S/C6H18GeN2/c1-3-5-7(8,9)6-4-2/h3-6,8-9H2,1-2H3. The van der Waals surface area contributed by atoms with Gasteiger partial charge >= 0.3 is 60.3 Å². The summed E-state index contributed by atoms with van der Waals surface area (Å²) in [5.74, 6) is 0. The number of nitrogens with two attached hydrogens (primary N) is 2. The van der Waals surface area contributed by atoms with Gasteiger partial charge in [-0.25, -0.2) is 0 Å². The minimum atomic E-state index is -2.16. The molecule has 0 aromatic carbocycles. The van der Waals surface area contributed by atoms with E-state index >= 15 is 0 Å². The van der Waals surface area contributed by atoms with Crippen LogP contribution in [0.3, 0.4) is 0 Å². The summed E-state index contributed by atoms with van der Waals surface area (Å²) in [6.45, 7) is 4.30. The average molecular weight is 191 g/mol. The first-order valence-electron chi connectivity index (χ1n) is 3.70. The molecular formula is C6H18GeN2. The van der Waals surface area contributed by atoms with Crippen molar-refractivity contribution in [3.63, 3.8) is 0 Å². The van der Waals surface area contributed by atoms with Crippen molar-refractivity contribution in [2.45, 2.75) is 37.2 Å². The Morgan fingerprint density at radius 1 is 1.00 bits per heavy atom. The molecule has 0 aromatic rings. The Morgan fingerprint density at radius 3 is 1.56 bits per heavy atom. The zero-order chi connectivity index (χ0) is 7.33. The molecule has 0 heterocycles. The second-order valence-corrected chi connectivity index (χ2v) is 10.0. The van der Waals surface area contributed by atoms with Gasteiger partial charge < -0.3 is 0 Å². The van der Waals surface area contributed by atoms with Gasteiger partial charge in [-0.05, 0) is 0 Å². The van der Waals surface area contributed by atoms with E-state index in [1.165, 1.54) is 0 Å². The molecule has 56 valence electrons. The van der Waals surface area contributed by atoms with Gasteiger partial charge in [-0.1, -0.05) is 0 Å². The van der Waals surface area contributed by atoms with Gasteiger partial charge in [-0.3, -0.25) is 0 Å². The zero-order valence-corrected chi connectivity index (χ0v) is 8.58. The first kappa shape index (κ1) is 9.46. The van der Waals surface area contributed by atoms with E-state index in [9.17, 15) is 0 Å². The Morgan fingerprint density at radius 2 is 1.33 bits per heavy atom. The molecule has 0 aliphatic heterocycles. The summed E-state index contributed by atoms with van der Waals surface area (Å²) in [7, 11) is 0. The summed E-state index contributed by atoms with van der Waals surface area (Å²) < 4.78 is 11.8. The third-order valence-electron chi connectivity index (χ3n) is 1.43. The van der Waals surface area contributed by atoms with E-state index in [0.717, 1.165) is 23.3 Å². The van der Waals surface area contributed by atoms with Gasteiger partial charge in [-0.15, -0.1) is 0 Å². The van der Waals surface area contributed by atoms with Gasteiger partial charge in [0, 0.05) is 0 Å². The fraction of sp³-hybridized carbons (Fsp3) is 1.00. The SMILES string of the molecule is CC[CH2][Ge]([NH2])([NH2])[CH2]CC. The summed E-state index contributed by atoms with van der Waals surface area (Å²) in [6.07, 6.45) is 2.32. The van der Waals surface area contributed by atoms with E-state index in [0.29, 0.717) is 0 Å².